The first-order valence-electron chi connectivity index (χ1n) is 4.41. The molecule has 0 unspecified atom stereocenters. The Morgan fingerprint density at radius 3 is 2.00 bits per heavy atom. The number of nitrogens with zero attached hydrogens (tertiary/aromatic N) is 1. The maximum atomic E-state index is 12.6. The quantitative estimate of drug-likeness (QED) is 0.692. The van der Waals surface area contributed by atoms with E-state index in [-0.39, 0.29) is 10.5 Å². The molecule has 0 atom stereocenters. The lowest BCUT2D eigenvalue weighted by Crippen LogP contribution is -2.14. The van der Waals surface area contributed by atoms with E-state index in [9.17, 15) is 26.3 Å². The van der Waals surface area contributed by atoms with Gasteiger partial charge in [0.15, 0.2) is 0 Å². The molecule has 18 heavy (non-hydrogen) atoms. The third-order valence-corrected chi connectivity index (χ3v) is 2.79. The van der Waals surface area contributed by atoms with Gasteiger partial charge in [0.2, 0.25) is 0 Å². The maximum Gasteiger partial charge on any atom is 0.416 e. The van der Waals surface area contributed by atoms with E-state index in [2.05, 4.69) is 15.9 Å². The summed E-state index contributed by atoms with van der Waals surface area (Å²) in [6.45, 7) is 0. The van der Waals surface area contributed by atoms with Gasteiger partial charge >= 0.3 is 12.4 Å². The van der Waals surface area contributed by atoms with Gasteiger partial charge in [-0.2, -0.15) is 31.6 Å². The van der Waals surface area contributed by atoms with E-state index in [0.29, 0.717) is 6.07 Å². The molecule has 0 fully saturated rings. The highest BCUT2D eigenvalue weighted by atomic mass is 79.9. The largest absolute Gasteiger partial charge is 0.416 e. The number of nitriles is 1. The lowest BCUT2D eigenvalue weighted by Gasteiger charge is -2.16. The molecule has 1 rings (SSSR count). The summed E-state index contributed by atoms with van der Waals surface area (Å²) >= 11 is 2.63. The Balaban J connectivity index is 3.54. The van der Waals surface area contributed by atoms with E-state index in [1.807, 2.05) is 0 Å². The Kier molecular flexibility index (Phi) is 3.96. The molecular weight excluding hydrogens is 328 g/mol. The standard InChI is InChI=1S/C10H4BrF6N/c11-8-4-5(9(12,13)14)3-7(10(15,16)17)6(8)1-2-18/h3-4H,1H2. The van der Waals surface area contributed by atoms with Crippen molar-refractivity contribution in [3.63, 3.8) is 0 Å². The first kappa shape index (κ1) is 14.8. The van der Waals surface area contributed by atoms with Crippen molar-refractivity contribution in [3.05, 3.63) is 33.3 Å². The van der Waals surface area contributed by atoms with Gasteiger partial charge in [-0.05, 0) is 17.7 Å². The van der Waals surface area contributed by atoms with Crippen molar-refractivity contribution >= 4 is 15.9 Å². The molecule has 0 radical (unpaired) electrons. The number of hydrogen-bond donors (Lipinski definition) is 0. The molecule has 0 aromatic heterocycles. The monoisotopic (exact) mass is 331 g/mol. The van der Waals surface area contributed by atoms with E-state index in [1.165, 1.54) is 6.07 Å². The molecule has 0 saturated heterocycles. The van der Waals surface area contributed by atoms with E-state index in [1.54, 1.807) is 0 Å². The average Bonchev–Trinajstić information content (AvgIpc) is 2.17. The summed E-state index contributed by atoms with van der Waals surface area (Å²) in [5.41, 5.74) is -3.37. The average molecular weight is 332 g/mol. The molecule has 0 saturated carbocycles. The smallest absolute Gasteiger partial charge is 0.198 e. The normalized spacial score (nSPS) is 12.3. The SMILES string of the molecule is N#CCc1c(Br)cc(C(F)(F)F)cc1C(F)(F)F. The molecule has 0 aliphatic rings. The predicted octanol–water partition coefficient (Wildman–Crippen LogP) is 4.55. The van der Waals surface area contributed by atoms with Gasteiger partial charge in [-0.25, -0.2) is 0 Å². The predicted molar refractivity (Wildman–Crippen MR) is 53.5 cm³/mol. The van der Waals surface area contributed by atoms with Crippen LogP contribution in [-0.2, 0) is 18.8 Å². The Hall–Kier alpha value is -1.23. The summed E-state index contributed by atoms with van der Waals surface area (Å²) in [7, 11) is 0. The van der Waals surface area contributed by atoms with Crippen LogP contribution in [0.25, 0.3) is 0 Å². The molecule has 0 amide bonds. The highest BCUT2D eigenvalue weighted by Crippen LogP contribution is 2.40. The van der Waals surface area contributed by atoms with Gasteiger partial charge in [-0.15, -0.1) is 0 Å². The van der Waals surface area contributed by atoms with Crippen molar-refractivity contribution in [3.8, 4) is 6.07 Å². The maximum absolute atomic E-state index is 12.6. The van der Waals surface area contributed by atoms with Crippen LogP contribution in [0.4, 0.5) is 26.3 Å². The highest BCUT2D eigenvalue weighted by Gasteiger charge is 2.39. The number of alkyl halides is 6. The van der Waals surface area contributed by atoms with Gasteiger partial charge in [0.25, 0.3) is 0 Å². The van der Waals surface area contributed by atoms with Crippen LogP contribution in [0.2, 0.25) is 0 Å². The molecular formula is C10H4BrF6N. The molecule has 8 heteroatoms. The fraction of sp³-hybridized carbons (Fsp3) is 0.300. The van der Waals surface area contributed by atoms with Gasteiger partial charge < -0.3 is 0 Å². The minimum Gasteiger partial charge on any atom is -0.198 e. The topological polar surface area (TPSA) is 23.8 Å². The zero-order valence-electron chi connectivity index (χ0n) is 8.45. The summed E-state index contributed by atoms with van der Waals surface area (Å²) < 4.78 is 74.7. The summed E-state index contributed by atoms with van der Waals surface area (Å²) in [4.78, 5) is 0. The van der Waals surface area contributed by atoms with Gasteiger partial charge in [-0.3, -0.25) is 0 Å². The molecule has 1 nitrogen and oxygen atoms in total. The second-order valence-corrected chi connectivity index (χ2v) is 4.17. The number of benzene rings is 1. The summed E-state index contributed by atoms with van der Waals surface area (Å²) in [5.74, 6) is 0. The van der Waals surface area contributed by atoms with Crippen LogP contribution in [0.3, 0.4) is 0 Å². The minimum absolute atomic E-state index is 0.0113. The van der Waals surface area contributed by atoms with Gasteiger partial charge in [0.05, 0.1) is 23.6 Å². The molecule has 0 N–H and O–H groups in total. The second-order valence-electron chi connectivity index (χ2n) is 3.31. The molecule has 0 bridgehead atoms. The minimum atomic E-state index is -4.95. The van der Waals surface area contributed by atoms with Crippen LogP contribution in [0, 0.1) is 11.3 Å². The zero-order valence-corrected chi connectivity index (χ0v) is 10.0. The van der Waals surface area contributed by atoms with Crippen molar-refractivity contribution in [1.82, 2.24) is 0 Å². The lowest BCUT2D eigenvalue weighted by molar-refractivity contribution is -0.143. The Morgan fingerprint density at radius 2 is 1.61 bits per heavy atom. The molecule has 0 spiro atoms. The molecule has 1 aromatic rings. The van der Waals surface area contributed by atoms with Crippen molar-refractivity contribution in [2.24, 2.45) is 0 Å². The van der Waals surface area contributed by atoms with Crippen molar-refractivity contribution in [1.29, 1.82) is 5.26 Å². The van der Waals surface area contributed by atoms with Crippen LogP contribution >= 0.6 is 15.9 Å². The van der Waals surface area contributed by atoms with Crippen molar-refractivity contribution in [2.75, 3.05) is 0 Å². The van der Waals surface area contributed by atoms with E-state index in [4.69, 9.17) is 5.26 Å². The highest BCUT2D eigenvalue weighted by molar-refractivity contribution is 9.10. The number of hydrogen-bond acceptors (Lipinski definition) is 1. The summed E-state index contributed by atoms with van der Waals surface area (Å²) in [6.07, 6.45) is -10.5. The van der Waals surface area contributed by atoms with Crippen LogP contribution in [-0.4, -0.2) is 0 Å². The third kappa shape index (κ3) is 3.16. The van der Waals surface area contributed by atoms with Gasteiger partial charge in [0, 0.05) is 4.47 Å². The molecule has 0 heterocycles. The summed E-state index contributed by atoms with van der Waals surface area (Å²) in [6, 6.07) is 2.03. The van der Waals surface area contributed by atoms with Crippen molar-refractivity contribution < 1.29 is 26.3 Å². The molecule has 98 valence electrons. The summed E-state index contributed by atoms with van der Waals surface area (Å²) in [5, 5.41) is 8.40. The van der Waals surface area contributed by atoms with E-state index in [0.717, 1.165) is 0 Å². The fourth-order valence-corrected chi connectivity index (χ4v) is 1.91. The number of rotatable bonds is 1. The van der Waals surface area contributed by atoms with E-state index >= 15 is 0 Å². The lowest BCUT2D eigenvalue weighted by atomic mass is 10.0. The van der Waals surface area contributed by atoms with Gasteiger partial charge in [-0.1, -0.05) is 15.9 Å². The Morgan fingerprint density at radius 1 is 1.06 bits per heavy atom. The molecule has 0 aliphatic heterocycles. The molecule has 1 aromatic carbocycles. The van der Waals surface area contributed by atoms with E-state index < -0.39 is 35.5 Å². The van der Waals surface area contributed by atoms with Gasteiger partial charge in [0.1, 0.15) is 0 Å². The Labute approximate surface area is 106 Å². The van der Waals surface area contributed by atoms with Crippen LogP contribution in [0.1, 0.15) is 16.7 Å². The van der Waals surface area contributed by atoms with Crippen LogP contribution in [0.15, 0.2) is 16.6 Å². The molecule has 0 aliphatic carbocycles. The second kappa shape index (κ2) is 4.80. The third-order valence-electron chi connectivity index (χ3n) is 2.08. The van der Waals surface area contributed by atoms with Crippen LogP contribution in [0.5, 0.6) is 0 Å². The first-order valence-corrected chi connectivity index (χ1v) is 5.20. The zero-order chi connectivity index (χ0) is 14.1. The Bertz CT molecular complexity index is 497. The fourth-order valence-electron chi connectivity index (χ4n) is 1.31. The van der Waals surface area contributed by atoms with Crippen molar-refractivity contribution in [2.45, 2.75) is 18.8 Å². The first-order chi connectivity index (χ1) is 8.07. The number of halogens is 7. The van der Waals surface area contributed by atoms with Crippen LogP contribution < -0.4 is 0 Å².